The van der Waals surface area contributed by atoms with Crippen LogP contribution in [0.15, 0.2) is 87.0 Å². The average Bonchev–Trinajstić information content (AvgIpc) is 3.26. The second-order valence-corrected chi connectivity index (χ2v) is 10.5. The summed E-state index contributed by atoms with van der Waals surface area (Å²) >= 11 is 3.34. The van der Waals surface area contributed by atoms with Crippen LogP contribution in [0.3, 0.4) is 0 Å². The quantitative estimate of drug-likeness (QED) is 0.402. The lowest BCUT2D eigenvalue weighted by atomic mass is 10.1. The lowest BCUT2D eigenvalue weighted by Gasteiger charge is -2.22. The standard InChI is InChI=1S/C24H19BrN2O5S/c25-19-6-8-20(9-7-19)33(29,30)27(13-16-4-2-1-3-5-16)14-18-10-17-11-22-23(32-15-31-22)12-21(17)26-24(18)28/h1-12H,13-15H2,(H,26,28). The van der Waals surface area contributed by atoms with Gasteiger partial charge in [0, 0.05) is 34.6 Å². The van der Waals surface area contributed by atoms with Gasteiger partial charge in [-0.3, -0.25) is 4.79 Å². The molecule has 3 aromatic carbocycles. The van der Waals surface area contributed by atoms with Crippen molar-refractivity contribution in [2.24, 2.45) is 0 Å². The molecule has 0 bridgehead atoms. The van der Waals surface area contributed by atoms with E-state index in [9.17, 15) is 13.2 Å². The third kappa shape index (κ3) is 4.39. The van der Waals surface area contributed by atoms with Crippen molar-refractivity contribution in [1.82, 2.24) is 9.29 Å². The zero-order valence-electron chi connectivity index (χ0n) is 17.3. The molecule has 9 heteroatoms. The summed E-state index contributed by atoms with van der Waals surface area (Å²) < 4.78 is 40.0. The number of aromatic amines is 1. The van der Waals surface area contributed by atoms with E-state index in [-0.39, 0.29) is 30.3 Å². The smallest absolute Gasteiger partial charge is 0.252 e. The Balaban J connectivity index is 1.56. The van der Waals surface area contributed by atoms with E-state index in [2.05, 4.69) is 20.9 Å². The lowest BCUT2D eigenvalue weighted by Crippen LogP contribution is -2.32. The summed E-state index contributed by atoms with van der Waals surface area (Å²) in [5.74, 6) is 1.15. The molecule has 168 valence electrons. The van der Waals surface area contributed by atoms with Crippen LogP contribution in [0.25, 0.3) is 10.9 Å². The topological polar surface area (TPSA) is 88.7 Å². The fraction of sp³-hybridized carbons (Fsp3) is 0.125. The number of nitrogens with zero attached hydrogens (tertiary/aromatic N) is 1. The largest absolute Gasteiger partial charge is 0.454 e. The van der Waals surface area contributed by atoms with E-state index >= 15 is 0 Å². The number of fused-ring (bicyclic) bond motifs is 2. The van der Waals surface area contributed by atoms with E-state index < -0.39 is 10.0 Å². The first-order valence-electron chi connectivity index (χ1n) is 10.2. The van der Waals surface area contributed by atoms with Crippen molar-refractivity contribution in [2.75, 3.05) is 6.79 Å². The highest BCUT2D eigenvalue weighted by molar-refractivity contribution is 9.10. The van der Waals surface area contributed by atoms with Gasteiger partial charge in [0.15, 0.2) is 11.5 Å². The van der Waals surface area contributed by atoms with Crippen LogP contribution in [-0.4, -0.2) is 24.5 Å². The first-order valence-corrected chi connectivity index (χ1v) is 12.4. The highest BCUT2D eigenvalue weighted by atomic mass is 79.9. The highest BCUT2D eigenvalue weighted by Crippen LogP contribution is 2.35. The summed E-state index contributed by atoms with van der Waals surface area (Å²) in [4.78, 5) is 15.9. The van der Waals surface area contributed by atoms with Crippen LogP contribution in [0.2, 0.25) is 0 Å². The van der Waals surface area contributed by atoms with Gasteiger partial charge in [-0.05, 0) is 42.0 Å². The molecule has 0 radical (unpaired) electrons. The number of hydrogen-bond donors (Lipinski definition) is 1. The normalized spacial score (nSPS) is 13.0. The molecule has 0 unspecified atom stereocenters. The fourth-order valence-corrected chi connectivity index (χ4v) is 5.39. The molecule has 0 saturated carbocycles. The van der Waals surface area contributed by atoms with Crippen molar-refractivity contribution in [3.8, 4) is 11.5 Å². The molecule has 1 N–H and O–H groups in total. The third-order valence-electron chi connectivity index (χ3n) is 5.41. The molecule has 0 atom stereocenters. The first-order chi connectivity index (χ1) is 15.9. The molecule has 0 fully saturated rings. The summed E-state index contributed by atoms with van der Waals surface area (Å²) in [5.41, 5.74) is 1.39. The minimum Gasteiger partial charge on any atom is -0.454 e. The Morgan fingerprint density at radius 2 is 1.61 bits per heavy atom. The molecule has 0 amide bonds. The van der Waals surface area contributed by atoms with E-state index in [0.29, 0.717) is 22.6 Å². The van der Waals surface area contributed by atoms with Gasteiger partial charge in [-0.1, -0.05) is 46.3 Å². The Bertz CT molecular complexity index is 1490. The molecule has 1 aliphatic rings. The maximum absolute atomic E-state index is 13.5. The van der Waals surface area contributed by atoms with Crippen molar-refractivity contribution in [3.63, 3.8) is 0 Å². The second kappa shape index (κ2) is 8.66. The van der Waals surface area contributed by atoms with Crippen molar-refractivity contribution in [1.29, 1.82) is 0 Å². The SMILES string of the molecule is O=c1[nH]c2cc3c(cc2cc1CN(Cc1ccccc1)S(=O)(=O)c1ccc(Br)cc1)OCO3. The molecule has 0 spiro atoms. The van der Waals surface area contributed by atoms with Crippen LogP contribution in [0, 0.1) is 0 Å². The monoisotopic (exact) mass is 526 g/mol. The number of sulfonamides is 1. The maximum Gasteiger partial charge on any atom is 0.252 e. The molecule has 2 heterocycles. The number of benzene rings is 3. The number of nitrogens with one attached hydrogen (secondary N) is 1. The van der Waals surface area contributed by atoms with Gasteiger partial charge in [0.05, 0.1) is 10.4 Å². The van der Waals surface area contributed by atoms with Crippen LogP contribution in [0.1, 0.15) is 11.1 Å². The van der Waals surface area contributed by atoms with Crippen LogP contribution >= 0.6 is 15.9 Å². The van der Waals surface area contributed by atoms with Gasteiger partial charge in [-0.25, -0.2) is 8.42 Å². The molecular weight excluding hydrogens is 508 g/mol. The molecule has 1 aromatic heterocycles. The predicted molar refractivity (Wildman–Crippen MR) is 128 cm³/mol. The Morgan fingerprint density at radius 1 is 0.909 bits per heavy atom. The number of halogens is 1. The van der Waals surface area contributed by atoms with Crippen LogP contribution in [0.4, 0.5) is 0 Å². The first kappa shape index (κ1) is 21.7. The van der Waals surface area contributed by atoms with E-state index in [1.807, 2.05) is 30.3 Å². The number of hydrogen-bond acceptors (Lipinski definition) is 5. The summed E-state index contributed by atoms with van der Waals surface area (Å²) in [7, 11) is -3.88. The summed E-state index contributed by atoms with van der Waals surface area (Å²) in [6.45, 7) is 0.157. The van der Waals surface area contributed by atoms with Crippen LogP contribution in [0.5, 0.6) is 11.5 Å². The number of H-pyrrole nitrogens is 1. The maximum atomic E-state index is 13.5. The van der Waals surface area contributed by atoms with Gasteiger partial charge in [-0.15, -0.1) is 0 Å². The lowest BCUT2D eigenvalue weighted by molar-refractivity contribution is 0.174. The molecule has 7 nitrogen and oxygen atoms in total. The number of rotatable bonds is 6. The molecule has 33 heavy (non-hydrogen) atoms. The third-order valence-corrected chi connectivity index (χ3v) is 7.75. The molecular formula is C24H19BrN2O5S. The van der Waals surface area contributed by atoms with Gasteiger partial charge >= 0.3 is 0 Å². The van der Waals surface area contributed by atoms with Gasteiger partial charge in [0.1, 0.15) is 0 Å². The Kier molecular flexibility index (Phi) is 5.69. The van der Waals surface area contributed by atoms with Gasteiger partial charge in [0.25, 0.3) is 5.56 Å². The second-order valence-electron chi connectivity index (χ2n) is 7.63. The van der Waals surface area contributed by atoms with E-state index in [1.54, 1.807) is 42.5 Å². The van der Waals surface area contributed by atoms with Gasteiger partial charge in [0.2, 0.25) is 16.8 Å². The summed E-state index contributed by atoms with van der Waals surface area (Å²) in [5, 5.41) is 0.731. The average molecular weight is 527 g/mol. The predicted octanol–water partition coefficient (Wildman–Crippen LogP) is 4.41. The Labute approximate surface area is 198 Å². The van der Waals surface area contributed by atoms with E-state index in [0.717, 1.165) is 15.4 Å². The van der Waals surface area contributed by atoms with E-state index in [4.69, 9.17) is 9.47 Å². The van der Waals surface area contributed by atoms with Crippen molar-refractivity contribution < 1.29 is 17.9 Å². The van der Waals surface area contributed by atoms with Crippen molar-refractivity contribution in [3.05, 3.63) is 98.7 Å². The Morgan fingerprint density at radius 3 is 2.33 bits per heavy atom. The molecule has 4 aromatic rings. The molecule has 1 aliphatic heterocycles. The zero-order valence-corrected chi connectivity index (χ0v) is 19.7. The highest BCUT2D eigenvalue weighted by Gasteiger charge is 2.26. The zero-order chi connectivity index (χ0) is 23.0. The number of ether oxygens (including phenoxy) is 2. The van der Waals surface area contributed by atoms with Gasteiger partial charge in [-0.2, -0.15) is 4.31 Å². The molecule has 5 rings (SSSR count). The van der Waals surface area contributed by atoms with Crippen LogP contribution in [-0.2, 0) is 23.1 Å². The minimum atomic E-state index is -3.88. The fourth-order valence-electron chi connectivity index (χ4n) is 3.72. The Hall–Kier alpha value is -3.14. The molecule has 0 saturated heterocycles. The van der Waals surface area contributed by atoms with Gasteiger partial charge < -0.3 is 14.5 Å². The number of pyridine rings is 1. The summed E-state index contributed by atoms with van der Waals surface area (Å²) in [6, 6.07) is 20.9. The summed E-state index contributed by atoms with van der Waals surface area (Å²) in [6.07, 6.45) is 0. The van der Waals surface area contributed by atoms with Crippen molar-refractivity contribution >= 4 is 36.9 Å². The van der Waals surface area contributed by atoms with E-state index in [1.165, 1.54) is 4.31 Å². The molecule has 0 aliphatic carbocycles. The van der Waals surface area contributed by atoms with Crippen LogP contribution < -0.4 is 15.0 Å². The van der Waals surface area contributed by atoms with Crippen molar-refractivity contribution in [2.45, 2.75) is 18.0 Å². The number of aromatic nitrogens is 1. The minimum absolute atomic E-state index is 0.0903.